The van der Waals surface area contributed by atoms with E-state index < -0.39 is 43.5 Å². The van der Waals surface area contributed by atoms with Crippen molar-refractivity contribution in [3.05, 3.63) is 59.9 Å². The highest BCUT2D eigenvalue weighted by Crippen LogP contribution is 2.39. The third-order valence-corrected chi connectivity index (χ3v) is 3.59. The summed E-state index contributed by atoms with van der Waals surface area (Å²) in [5.41, 5.74) is -1.87. The number of hydrogen-bond donors (Lipinski definition) is 1. The maximum Gasteiger partial charge on any atom is 0.306 e. The average molecular weight is 402 g/mol. The highest BCUT2D eigenvalue weighted by Gasteiger charge is 2.31. The van der Waals surface area contributed by atoms with E-state index in [0.29, 0.717) is 23.5 Å². The zero-order valence-electron chi connectivity index (χ0n) is 14.7. The number of benzene rings is 1. The number of aromatic nitrogens is 6. The fraction of sp³-hybridized carbons (Fsp3) is 0.154. The minimum atomic E-state index is -1.01. The van der Waals surface area contributed by atoms with Crippen LogP contribution in [0.2, 0.25) is 0 Å². The maximum absolute atomic E-state index is 11.3. The minimum absolute atomic E-state index is 0.00819. The average Bonchev–Trinajstić information content (AvgIpc) is 3.00. The molecule has 0 saturated carbocycles. The van der Waals surface area contributed by atoms with Crippen molar-refractivity contribution in [1.82, 2.24) is 30.2 Å². The molecular weight excluding hydrogens is 392 g/mol. The van der Waals surface area contributed by atoms with Crippen LogP contribution in [0, 0.1) is 44.2 Å². The highest BCUT2D eigenvalue weighted by atomic mass is 16.6. The number of nitro benzene ring substituents is 3. The molecule has 0 saturated heterocycles. The Morgan fingerprint density at radius 1 is 0.862 bits per heavy atom. The molecule has 0 radical (unpaired) electrons. The van der Waals surface area contributed by atoms with Crippen molar-refractivity contribution < 1.29 is 14.8 Å². The fourth-order valence-electron chi connectivity index (χ4n) is 2.42. The van der Waals surface area contributed by atoms with E-state index in [2.05, 4.69) is 30.8 Å². The summed E-state index contributed by atoms with van der Waals surface area (Å²) < 4.78 is 1.36. The zero-order valence-corrected chi connectivity index (χ0v) is 14.7. The van der Waals surface area contributed by atoms with Gasteiger partial charge in [0.15, 0.2) is 5.69 Å². The molecule has 2 aromatic heterocycles. The van der Waals surface area contributed by atoms with E-state index in [1.54, 1.807) is 19.9 Å². The van der Waals surface area contributed by atoms with Gasteiger partial charge in [0, 0.05) is 5.69 Å². The van der Waals surface area contributed by atoms with Gasteiger partial charge in [0.2, 0.25) is 0 Å². The van der Waals surface area contributed by atoms with Gasteiger partial charge in [0.05, 0.1) is 32.6 Å². The molecule has 0 amide bonds. The molecule has 0 spiro atoms. The molecule has 0 unspecified atom stereocenters. The second-order valence-electron chi connectivity index (χ2n) is 5.62. The molecule has 16 nitrogen and oxygen atoms in total. The SMILES string of the molecule is Cc1cc(C)n(-c2nnc(Nc3c([N+](=O)[O-])cc([N+](=O)[O-])cc3[N+](=O)[O-])nn2)n1. The van der Waals surface area contributed by atoms with E-state index in [-0.39, 0.29) is 5.95 Å². The van der Waals surface area contributed by atoms with E-state index in [9.17, 15) is 30.3 Å². The van der Waals surface area contributed by atoms with Crippen LogP contribution in [0.3, 0.4) is 0 Å². The quantitative estimate of drug-likeness (QED) is 0.459. The lowest BCUT2D eigenvalue weighted by molar-refractivity contribution is -0.401. The number of nitrogens with zero attached hydrogens (tertiary/aromatic N) is 9. The molecular formula is C13H10N10O6. The fourth-order valence-corrected chi connectivity index (χ4v) is 2.42. The van der Waals surface area contributed by atoms with Crippen LogP contribution in [0.25, 0.3) is 5.95 Å². The third kappa shape index (κ3) is 3.75. The Morgan fingerprint density at radius 3 is 1.83 bits per heavy atom. The van der Waals surface area contributed by atoms with Crippen LogP contribution >= 0.6 is 0 Å². The van der Waals surface area contributed by atoms with E-state index in [1.165, 1.54) is 4.68 Å². The smallest absolute Gasteiger partial charge is 0.306 e. The van der Waals surface area contributed by atoms with Gasteiger partial charge in [-0.3, -0.25) is 30.3 Å². The third-order valence-electron chi connectivity index (χ3n) is 3.59. The first-order valence-corrected chi connectivity index (χ1v) is 7.66. The van der Waals surface area contributed by atoms with Crippen molar-refractivity contribution >= 4 is 28.7 Å². The van der Waals surface area contributed by atoms with Crippen LogP contribution in [0.5, 0.6) is 0 Å². The summed E-state index contributed by atoms with van der Waals surface area (Å²) in [7, 11) is 0. The van der Waals surface area contributed by atoms with Crippen molar-refractivity contribution in [3.8, 4) is 5.95 Å². The minimum Gasteiger partial charge on any atom is -0.310 e. The van der Waals surface area contributed by atoms with Crippen LogP contribution in [0.4, 0.5) is 28.7 Å². The predicted octanol–water partition coefficient (Wildman–Crippen LogP) is 1.54. The summed E-state index contributed by atoms with van der Waals surface area (Å²) in [6, 6.07) is 2.93. The molecule has 0 aliphatic carbocycles. The first kappa shape index (κ1) is 19.1. The molecule has 1 aromatic carbocycles. The molecule has 29 heavy (non-hydrogen) atoms. The maximum atomic E-state index is 11.3. The Hall–Kier alpha value is -4.63. The van der Waals surface area contributed by atoms with Gasteiger partial charge < -0.3 is 5.32 Å². The molecule has 3 aromatic rings. The molecule has 0 aliphatic heterocycles. The van der Waals surface area contributed by atoms with Crippen molar-refractivity contribution in [2.75, 3.05) is 5.32 Å². The van der Waals surface area contributed by atoms with E-state index in [4.69, 9.17) is 0 Å². The lowest BCUT2D eigenvalue weighted by Gasteiger charge is -2.06. The first-order valence-electron chi connectivity index (χ1n) is 7.66. The van der Waals surface area contributed by atoms with Gasteiger partial charge in [-0.1, -0.05) is 0 Å². The molecule has 0 fully saturated rings. The number of nitrogens with one attached hydrogen (secondary N) is 1. The first-order chi connectivity index (χ1) is 13.7. The van der Waals surface area contributed by atoms with Gasteiger partial charge in [0.25, 0.3) is 17.6 Å². The van der Waals surface area contributed by atoms with Crippen LogP contribution in [0.1, 0.15) is 11.4 Å². The summed E-state index contributed by atoms with van der Waals surface area (Å²) in [5, 5.41) is 54.8. The Bertz CT molecular complexity index is 1110. The number of nitro groups is 3. The summed E-state index contributed by atoms with van der Waals surface area (Å²) in [5.74, 6) is -0.385. The van der Waals surface area contributed by atoms with Crippen molar-refractivity contribution in [1.29, 1.82) is 0 Å². The van der Waals surface area contributed by atoms with Gasteiger partial charge in [-0.15, -0.1) is 20.4 Å². The highest BCUT2D eigenvalue weighted by molar-refractivity contribution is 5.79. The standard InChI is InChI=1S/C13H10N10O6/c1-6-3-7(2)20(19-6)13-17-15-12(16-18-13)14-11-9(22(26)27)4-8(21(24)25)5-10(11)23(28)29/h3-5H,1-2H3,(H,14,15,16). The second-order valence-corrected chi connectivity index (χ2v) is 5.62. The molecule has 16 heteroatoms. The lowest BCUT2D eigenvalue weighted by atomic mass is 10.2. The Morgan fingerprint density at radius 2 is 1.41 bits per heavy atom. The van der Waals surface area contributed by atoms with Crippen molar-refractivity contribution in [2.45, 2.75) is 13.8 Å². The summed E-state index contributed by atoms with van der Waals surface area (Å²) in [6.45, 7) is 3.51. The normalized spacial score (nSPS) is 10.6. The molecule has 148 valence electrons. The molecule has 0 bridgehead atoms. The summed E-state index contributed by atoms with van der Waals surface area (Å²) >= 11 is 0. The number of aryl methyl sites for hydroxylation is 2. The van der Waals surface area contributed by atoms with Gasteiger partial charge in [0.1, 0.15) is 0 Å². The Kier molecular flexibility index (Phi) is 4.74. The van der Waals surface area contributed by atoms with Crippen molar-refractivity contribution in [3.63, 3.8) is 0 Å². The number of anilines is 2. The van der Waals surface area contributed by atoms with Gasteiger partial charge >= 0.3 is 11.4 Å². The monoisotopic (exact) mass is 402 g/mol. The number of non-ortho nitro benzene ring substituents is 1. The largest absolute Gasteiger partial charge is 0.310 e. The van der Waals surface area contributed by atoms with Crippen LogP contribution in [0.15, 0.2) is 18.2 Å². The Balaban J connectivity index is 2.03. The predicted molar refractivity (Wildman–Crippen MR) is 93.9 cm³/mol. The van der Waals surface area contributed by atoms with E-state index in [0.717, 1.165) is 0 Å². The van der Waals surface area contributed by atoms with Gasteiger partial charge in [-0.2, -0.15) is 5.10 Å². The molecule has 0 atom stereocenters. The van der Waals surface area contributed by atoms with E-state index >= 15 is 0 Å². The van der Waals surface area contributed by atoms with Crippen LogP contribution in [-0.4, -0.2) is 44.9 Å². The van der Waals surface area contributed by atoms with Crippen molar-refractivity contribution in [2.24, 2.45) is 0 Å². The van der Waals surface area contributed by atoms with Gasteiger partial charge in [-0.25, -0.2) is 4.68 Å². The molecule has 3 rings (SSSR count). The molecule has 1 N–H and O–H groups in total. The van der Waals surface area contributed by atoms with Gasteiger partial charge in [-0.05, 0) is 19.9 Å². The summed E-state index contributed by atoms with van der Waals surface area (Å²) in [4.78, 5) is 30.5. The number of hydrogen-bond acceptors (Lipinski definition) is 12. The lowest BCUT2D eigenvalue weighted by Crippen LogP contribution is -2.11. The zero-order chi connectivity index (χ0) is 21.3. The van der Waals surface area contributed by atoms with Crippen LogP contribution in [-0.2, 0) is 0 Å². The molecule has 2 heterocycles. The summed E-state index contributed by atoms with van der Waals surface area (Å²) in [6.07, 6.45) is 0. The van der Waals surface area contributed by atoms with E-state index in [1.807, 2.05) is 0 Å². The second kappa shape index (κ2) is 7.18. The molecule has 0 aliphatic rings. The topological polar surface area (TPSA) is 211 Å². The Labute approximate surface area is 159 Å². The number of rotatable bonds is 6. The van der Waals surface area contributed by atoms with Crippen LogP contribution < -0.4 is 5.32 Å².